The van der Waals surface area contributed by atoms with E-state index < -0.39 is 6.10 Å². The van der Waals surface area contributed by atoms with E-state index in [4.69, 9.17) is 10.2 Å². The molecule has 9 nitrogen and oxygen atoms in total. The zero-order valence-electron chi connectivity index (χ0n) is 20.6. The van der Waals surface area contributed by atoms with Gasteiger partial charge in [0.1, 0.15) is 5.69 Å². The van der Waals surface area contributed by atoms with E-state index >= 15 is 0 Å². The Morgan fingerprint density at radius 2 is 2.20 bits per heavy atom. The Hall–Kier alpha value is -2.90. The molecule has 0 aromatic carbocycles. The highest BCUT2D eigenvalue weighted by Crippen LogP contribution is 2.57. The number of thiazole rings is 1. The third kappa shape index (κ3) is 4.80. The first-order chi connectivity index (χ1) is 16.7. The molecule has 0 radical (unpaired) electrons. The Balaban J connectivity index is 1.52. The lowest BCUT2D eigenvalue weighted by molar-refractivity contribution is -0.143. The summed E-state index contributed by atoms with van der Waals surface area (Å²) in [5.41, 5.74) is 1.03. The second kappa shape index (κ2) is 9.99. The second-order valence-electron chi connectivity index (χ2n) is 10.2. The predicted molar refractivity (Wildman–Crippen MR) is 132 cm³/mol. The first-order valence-corrected chi connectivity index (χ1v) is 12.8. The van der Waals surface area contributed by atoms with Crippen molar-refractivity contribution in [2.24, 2.45) is 23.2 Å². The molecule has 0 unspecified atom stereocenters. The van der Waals surface area contributed by atoms with Crippen LogP contribution in [-0.2, 0) is 11.2 Å². The third-order valence-corrected chi connectivity index (χ3v) is 8.89. The van der Waals surface area contributed by atoms with Crippen molar-refractivity contribution in [3.8, 4) is 6.07 Å². The molecule has 2 aromatic heterocycles. The Morgan fingerprint density at radius 3 is 2.89 bits per heavy atom. The summed E-state index contributed by atoms with van der Waals surface area (Å²) >= 11 is 1.48. The standard InChI is InChI=1S/C25H32N6O3S/c1-14(23(34)31(4)11-5-8-26)16-6-7-25(3)12-18-20(15(2)19(25)21(16)32)29-24(35-18)30-22(33)17-13-27-9-10-28-17/h9-10,13-16,19,21,32H,5-7,11-12H2,1-4H3,(H,29,30,33)/t14-,15+,16+,19+,21-,25+/m0/s1. The maximum absolute atomic E-state index is 13.0. The maximum Gasteiger partial charge on any atom is 0.277 e. The SMILES string of the molecule is C[C@H](C(=O)N(C)CCC#N)[C@H]1CC[C@]2(C)Cc3sc(NC(=O)c4cnccn4)nc3[C@H](C)[C@@H]2[C@H]1O. The summed E-state index contributed by atoms with van der Waals surface area (Å²) in [5.74, 6) is -0.918. The topological polar surface area (TPSA) is 132 Å². The molecule has 4 rings (SSSR count). The number of aliphatic hydroxyl groups excluding tert-OH is 1. The molecule has 1 saturated carbocycles. The van der Waals surface area contributed by atoms with Crippen LogP contribution in [0.25, 0.3) is 0 Å². The van der Waals surface area contributed by atoms with Gasteiger partial charge in [0.15, 0.2) is 5.13 Å². The van der Waals surface area contributed by atoms with Gasteiger partial charge >= 0.3 is 0 Å². The number of aliphatic hydroxyl groups is 1. The molecule has 35 heavy (non-hydrogen) atoms. The molecule has 2 aliphatic carbocycles. The lowest BCUT2D eigenvalue weighted by atomic mass is 9.53. The van der Waals surface area contributed by atoms with Crippen molar-refractivity contribution in [1.29, 1.82) is 5.26 Å². The molecule has 10 heteroatoms. The highest BCUT2D eigenvalue weighted by Gasteiger charge is 2.54. The number of hydrogen-bond donors (Lipinski definition) is 2. The highest BCUT2D eigenvalue weighted by molar-refractivity contribution is 7.15. The summed E-state index contributed by atoms with van der Waals surface area (Å²) in [7, 11) is 1.72. The number of nitrogens with one attached hydrogen (secondary N) is 1. The lowest BCUT2D eigenvalue weighted by Crippen LogP contribution is -2.53. The highest BCUT2D eigenvalue weighted by atomic mass is 32.1. The maximum atomic E-state index is 13.0. The molecule has 186 valence electrons. The fourth-order valence-corrected chi connectivity index (χ4v) is 7.30. The Morgan fingerprint density at radius 1 is 1.43 bits per heavy atom. The van der Waals surface area contributed by atoms with Crippen molar-refractivity contribution in [3.05, 3.63) is 34.9 Å². The molecular weight excluding hydrogens is 464 g/mol. The fourth-order valence-electron chi connectivity index (χ4n) is 6.04. The Bertz CT molecular complexity index is 1130. The van der Waals surface area contributed by atoms with E-state index in [1.807, 2.05) is 6.92 Å². The molecule has 2 heterocycles. The van der Waals surface area contributed by atoms with Crippen LogP contribution in [0, 0.1) is 34.5 Å². The second-order valence-corrected chi connectivity index (χ2v) is 11.3. The molecule has 6 atom stereocenters. The fraction of sp³-hybridized carbons (Fsp3) is 0.600. The number of aromatic nitrogens is 3. The van der Waals surface area contributed by atoms with Crippen molar-refractivity contribution in [3.63, 3.8) is 0 Å². The number of carbonyl (C=O) groups excluding carboxylic acids is 2. The Labute approximate surface area is 209 Å². The van der Waals surface area contributed by atoms with E-state index in [2.05, 4.69) is 35.2 Å². The predicted octanol–water partition coefficient (Wildman–Crippen LogP) is 3.25. The van der Waals surface area contributed by atoms with Gasteiger partial charge in [0.05, 0.1) is 30.5 Å². The van der Waals surface area contributed by atoms with Gasteiger partial charge in [0.25, 0.3) is 5.91 Å². The van der Waals surface area contributed by atoms with Crippen LogP contribution >= 0.6 is 11.3 Å². The summed E-state index contributed by atoms with van der Waals surface area (Å²) in [4.78, 5) is 41.0. The van der Waals surface area contributed by atoms with Gasteiger partial charge in [-0.3, -0.25) is 19.9 Å². The van der Waals surface area contributed by atoms with Crippen LogP contribution in [0.3, 0.4) is 0 Å². The number of hydrogen-bond acceptors (Lipinski definition) is 8. The first-order valence-electron chi connectivity index (χ1n) is 12.0. The molecule has 2 N–H and O–H groups in total. The quantitative estimate of drug-likeness (QED) is 0.627. The van der Waals surface area contributed by atoms with E-state index in [9.17, 15) is 14.7 Å². The third-order valence-electron chi connectivity index (χ3n) is 7.91. The number of anilines is 1. The largest absolute Gasteiger partial charge is 0.392 e. The first kappa shape index (κ1) is 25.2. The molecule has 2 aromatic rings. The van der Waals surface area contributed by atoms with Crippen LogP contribution in [0.15, 0.2) is 18.6 Å². The minimum atomic E-state index is -0.639. The molecule has 0 bridgehead atoms. The monoisotopic (exact) mass is 496 g/mol. The molecule has 0 saturated heterocycles. The van der Waals surface area contributed by atoms with Gasteiger partial charge in [-0.1, -0.05) is 20.8 Å². The van der Waals surface area contributed by atoms with Crippen LogP contribution in [0.5, 0.6) is 0 Å². The summed E-state index contributed by atoms with van der Waals surface area (Å²) < 4.78 is 0. The molecule has 2 aliphatic rings. The number of rotatable bonds is 6. The molecule has 0 aliphatic heterocycles. The smallest absolute Gasteiger partial charge is 0.277 e. The van der Waals surface area contributed by atoms with Gasteiger partial charge < -0.3 is 10.0 Å². The number of fused-ring (bicyclic) bond motifs is 2. The van der Waals surface area contributed by atoms with Gasteiger partial charge in [-0.05, 0) is 36.5 Å². The summed E-state index contributed by atoms with van der Waals surface area (Å²) in [5, 5.41) is 23.8. The van der Waals surface area contributed by atoms with Gasteiger partial charge in [-0.15, -0.1) is 11.3 Å². The van der Waals surface area contributed by atoms with Crippen LogP contribution in [-0.4, -0.2) is 56.5 Å². The van der Waals surface area contributed by atoms with Crippen LogP contribution in [0.2, 0.25) is 0 Å². The number of nitrogens with zero attached hydrogens (tertiary/aromatic N) is 5. The minimum Gasteiger partial charge on any atom is -0.392 e. The lowest BCUT2D eigenvalue weighted by Gasteiger charge is -2.53. The van der Waals surface area contributed by atoms with Crippen molar-refractivity contribution < 1.29 is 14.7 Å². The Kier molecular flexibility index (Phi) is 7.20. The van der Waals surface area contributed by atoms with Crippen LogP contribution in [0.4, 0.5) is 5.13 Å². The summed E-state index contributed by atoms with van der Waals surface area (Å²) in [6, 6.07) is 2.08. The van der Waals surface area contributed by atoms with E-state index in [0.29, 0.717) is 18.1 Å². The average molecular weight is 497 g/mol. The summed E-state index contributed by atoms with van der Waals surface area (Å²) in [6.45, 7) is 6.60. The zero-order valence-corrected chi connectivity index (χ0v) is 21.4. The normalized spacial score (nSPS) is 28.2. The average Bonchev–Trinajstić information content (AvgIpc) is 3.24. The van der Waals surface area contributed by atoms with Gasteiger partial charge in [-0.2, -0.15) is 5.26 Å². The zero-order chi connectivity index (χ0) is 25.3. The number of amides is 2. The van der Waals surface area contributed by atoms with Crippen LogP contribution < -0.4 is 5.32 Å². The van der Waals surface area contributed by atoms with Crippen molar-refractivity contribution in [1.82, 2.24) is 19.9 Å². The van der Waals surface area contributed by atoms with Gasteiger partial charge in [0, 0.05) is 42.7 Å². The van der Waals surface area contributed by atoms with E-state index in [1.54, 1.807) is 11.9 Å². The number of nitriles is 1. The van der Waals surface area contributed by atoms with E-state index in [1.165, 1.54) is 29.9 Å². The summed E-state index contributed by atoms with van der Waals surface area (Å²) in [6.07, 6.45) is 6.51. The van der Waals surface area contributed by atoms with Crippen molar-refractivity contribution in [2.75, 3.05) is 18.9 Å². The molecule has 2 amide bonds. The van der Waals surface area contributed by atoms with Crippen molar-refractivity contribution in [2.45, 2.75) is 58.5 Å². The minimum absolute atomic E-state index is 0.0152. The van der Waals surface area contributed by atoms with E-state index in [-0.39, 0.29) is 46.6 Å². The molecular formula is C25H32N6O3S. The van der Waals surface area contributed by atoms with Gasteiger partial charge in [-0.25, -0.2) is 9.97 Å². The molecule has 0 spiro atoms. The van der Waals surface area contributed by atoms with Crippen molar-refractivity contribution >= 4 is 28.3 Å². The van der Waals surface area contributed by atoms with E-state index in [0.717, 1.165) is 29.8 Å². The van der Waals surface area contributed by atoms with Crippen LogP contribution in [0.1, 0.15) is 67.0 Å². The number of carbonyl (C=O) groups is 2. The van der Waals surface area contributed by atoms with Gasteiger partial charge in [0.2, 0.25) is 5.91 Å². The molecule has 1 fully saturated rings.